The standard InChI is InChI=1S/C31H25N3O5/c35-27(15-5-9-21(10-6-15)33-28(36)23-16-1-2-17(13-16)24(23)29(33)37)32-20-7-11-22(12-8-20)34-30(38)25-18-3-4-19(14-18)26(25)31(34)39/h1-12,16-19,23-26H,13-14H2,(H,32,35)/t16-,17-,18-,19+,23-,24+,25-,26-/m0/s1. The van der Waals surface area contributed by atoms with Crippen LogP contribution in [0, 0.1) is 47.3 Å². The summed E-state index contributed by atoms with van der Waals surface area (Å²) in [4.78, 5) is 67.6. The van der Waals surface area contributed by atoms with E-state index in [0.29, 0.717) is 22.6 Å². The number of rotatable bonds is 4. The van der Waals surface area contributed by atoms with Crippen molar-refractivity contribution < 1.29 is 24.0 Å². The predicted octanol–water partition coefficient (Wildman–Crippen LogP) is 3.56. The van der Waals surface area contributed by atoms with Gasteiger partial charge in [-0.2, -0.15) is 0 Å². The molecule has 5 amide bonds. The smallest absolute Gasteiger partial charge is 0.255 e. The first-order valence-corrected chi connectivity index (χ1v) is 13.5. The topological polar surface area (TPSA) is 104 Å². The number of hydrogen-bond acceptors (Lipinski definition) is 5. The van der Waals surface area contributed by atoms with E-state index in [4.69, 9.17) is 0 Å². The molecule has 2 saturated carbocycles. The molecule has 2 aliphatic heterocycles. The Kier molecular flexibility index (Phi) is 4.55. The molecule has 0 unspecified atom stereocenters. The fraction of sp³-hybridized carbons (Fsp3) is 0.323. The lowest BCUT2D eigenvalue weighted by Crippen LogP contribution is -2.32. The van der Waals surface area contributed by atoms with E-state index >= 15 is 0 Å². The third-order valence-electron chi connectivity index (χ3n) is 9.71. The number of amides is 5. The maximum Gasteiger partial charge on any atom is 0.255 e. The van der Waals surface area contributed by atoms with Crippen molar-refractivity contribution in [1.82, 2.24) is 0 Å². The Bertz CT molecular complexity index is 1480. The van der Waals surface area contributed by atoms with Crippen LogP contribution < -0.4 is 15.1 Å². The molecule has 0 radical (unpaired) electrons. The lowest BCUT2D eigenvalue weighted by atomic mass is 9.85. The molecule has 8 atom stereocenters. The normalized spacial score (nSPS) is 35.0. The Labute approximate surface area is 224 Å². The van der Waals surface area contributed by atoms with Crippen molar-refractivity contribution >= 4 is 46.6 Å². The van der Waals surface area contributed by atoms with Gasteiger partial charge in [-0.15, -0.1) is 0 Å². The van der Waals surface area contributed by atoms with Crippen LogP contribution in [0.1, 0.15) is 23.2 Å². The van der Waals surface area contributed by atoms with E-state index < -0.39 is 0 Å². The molecule has 8 nitrogen and oxygen atoms in total. The van der Waals surface area contributed by atoms with E-state index in [1.54, 1.807) is 48.5 Å². The second-order valence-corrected chi connectivity index (χ2v) is 11.6. The first-order chi connectivity index (χ1) is 18.9. The van der Waals surface area contributed by atoms with Crippen LogP contribution >= 0.6 is 0 Å². The second kappa shape index (κ2) is 7.85. The fourth-order valence-electron chi connectivity index (χ4n) is 7.97. The molecule has 194 valence electrons. The Morgan fingerprint density at radius 2 is 0.923 bits per heavy atom. The van der Waals surface area contributed by atoms with Gasteiger partial charge < -0.3 is 5.32 Å². The molecule has 2 saturated heterocycles. The van der Waals surface area contributed by atoms with Crippen molar-refractivity contribution in [2.24, 2.45) is 47.3 Å². The minimum Gasteiger partial charge on any atom is -0.322 e. The van der Waals surface area contributed by atoms with Crippen molar-refractivity contribution in [3.8, 4) is 0 Å². The first kappa shape index (κ1) is 22.6. The highest BCUT2D eigenvalue weighted by Crippen LogP contribution is 2.54. The molecule has 0 aromatic heterocycles. The lowest BCUT2D eigenvalue weighted by molar-refractivity contribution is -0.124. The molecule has 39 heavy (non-hydrogen) atoms. The zero-order valence-corrected chi connectivity index (χ0v) is 20.9. The minimum absolute atomic E-state index is 0.138. The third kappa shape index (κ3) is 3.02. The number of nitrogens with zero attached hydrogens (tertiary/aromatic N) is 2. The van der Waals surface area contributed by atoms with Gasteiger partial charge in [-0.3, -0.25) is 33.8 Å². The van der Waals surface area contributed by atoms with Crippen molar-refractivity contribution in [3.05, 3.63) is 78.4 Å². The number of imide groups is 2. The number of fused-ring (bicyclic) bond motifs is 10. The molecule has 6 aliphatic rings. The average Bonchev–Trinajstić information content (AvgIpc) is 3.78. The third-order valence-corrected chi connectivity index (χ3v) is 9.71. The summed E-state index contributed by atoms with van der Waals surface area (Å²) in [6.07, 6.45) is 10.0. The molecule has 4 bridgehead atoms. The average molecular weight is 520 g/mol. The van der Waals surface area contributed by atoms with E-state index in [-0.39, 0.29) is 76.9 Å². The number of nitrogens with one attached hydrogen (secondary N) is 1. The second-order valence-electron chi connectivity index (χ2n) is 11.6. The van der Waals surface area contributed by atoms with Crippen LogP contribution in [0.5, 0.6) is 0 Å². The molecule has 4 aliphatic carbocycles. The Morgan fingerprint density at radius 3 is 1.31 bits per heavy atom. The van der Waals surface area contributed by atoms with Gasteiger partial charge in [0.25, 0.3) is 5.91 Å². The van der Waals surface area contributed by atoms with Gasteiger partial charge in [0.2, 0.25) is 23.6 Å². The molecule has 8 rings (SSSR count). The van der Waals surface area contributed by atoms with Crippen molar-refractivity contribution in [2.45, 2.75) is 12.8 Å². The van der Waals surface area contributed by atoms with Crippen LogP contribution in [0.2, 0.25) is 0 Å². The molecule has 2 aromatic rings. The zero-order chi connectivity index (χ0) is 26.6. The number of carbonyl (C=O) groups is 5. The maximum atomic E-state index is 13.0. The number of carbonyl (C=O) groups excluding carboxylic acids is 5. The van der Waals surface area contributed by atoms with E-state index in [1.165, 1.54) is 9.80 Å². The molecule has 0 spiro atoms. The summed E-state index contributed by atoms with van der Waals surface area (Å²) >= 11 is 0. The molecular weight excluding hydrogens is 494 g/mol. The van der Waals surface area contributed by atoms with E-state index in [0.717, 1.165) is 12.8 Å². The molecule has 8 heteroatoms. The highest BCUT2D eigenvalue weighted by atomic mass is 16.2. The van der Waals surface area contributed by atoms with Crippen molar-refractivity contribution in [1.29, 1.82) is 0 Å². The number of benzene rings is 2. The summed E-state index contributed by atoms with van der Waals surface area (Å²) in [6, 6.07) is 13.2. The molecule has 2 heterocycles. The largest absolute Gasteiger partial charge is 0.322 e. The molecule has 1 N–H and O–H groups in total. The Balaban J connectivity index is 0.952. The van der Waals surface area contributed by atoms with Crippen LogP contribution in [0.4, 0.5) is 17.1 Å². The molecule has 2 aromatic carbocycles. The summed E-state index contributed by atoms with van der Waals surface area (Å²) in [5.41, 5.74) is 1.89. The summed E-state index contributed by atoms with van der Waals surface area (Å²) in [7, 11) is 0. The lowest BCUT2D eigenvalue weighted by Gasteiger charge is -2.18. The van der Waals surface area contributed by atoms with E-state index in [2.05, 4.69) is 29.6 Å². The minimum atomic E-state index is -0.349. The van der Waals surface area contributed by atoms with Crippen LogP contribution in [0.25, 0.3) is 0 Å². The quantitative estimate of drug-likeness (QED) is 0.492. The zero-order valence-electron chi connectivity index (χ0n) is 20.9. The van der Waals surface area contributed by atoms with Gasteiger partial charge in [0, 0.05) is 11.3 Å². The number of anilines is 3. The summed E-state index contributed by atoms with van der Waals surface area (Å²) in [5, 5.41) is 2.83. The Hall–Kier alpha value is -4.33. The van der Waals surface area contributed by atoms with E-state index in [9.17, 15) is 24.0 Å². The summed E-state index contributed by atoms with van der Waals surface area (Å²) in [6.45, 7) is 0. The van der Waals surface area contributed by atoms with Gasteiger partial charge in [0.1, 0.15) is 0 Å². The van der Waals surface area contributed by atoms with Crippen LogP contribution in [0.3, 0.4) is 0 Å². The number of hydrogen-bond donors (Lipinski definition) is 1. The van der Waals surface area contributed by atoms with Crippen molar-refractivity contribution in [2.75, 3.05) is 15.1 Å². The Morgan fingerprint density at radius 1 is 0.564 bits per heavy atom. The van der Waals surface area contributed by atoms with E-state index in [1.807, 2.05) is 0 Å². The van der Waals surface area contributed by atoms with Crippen molar-refractivity contribution in [3.63, 3.8) is 0 Å². The van der Waals surface area contributed by atoms with Crippen LogP contribution in [-0.4, -0.2) is 29.5 Å². The van der Waals surface area contributed by atoms with Gasteiger partial charge in [0.15, 0.2) is 0 Å². The van der Waals surface area contributed by atoms with Crippen LogP contribution in [0.15, 0.2) is 72.8 Å². The van der Waals surface area contributed by atoms with Gasteiger partial charge in [0.05, 0.1) is 35.0 Å². The van der Waals surface area contributed by atoms with Crippen LogP contribution in [-0.2, 0) is 19.2 Å². The van der Waals surface area contributed by atoms with Gasteiger partial charge in [-0.05, 0) is 85.0 Å². The van der Waals surface area contributed by atoms with Gasteiger partial charge in [-0.1, -0.05) is 24.3 Å². The number of allylic oxidation sites excluding steroid dienone is 4. The maximum absolute atomic E-state index is 13.0. The van der Waals surface area contributed by atoms with Gasteiger partial charge >= 0.3 is 0 Å². The molecular formula is C31H25N3O5. The highest BCUT2D eigenvalue weighted by molar-refractivity contribution is 6.23. The SMILES string of the molecule is O=C(Nc1ccc(N2C(=O)[C@@H]3[C@@H](C2=O)[C@H]2C=C[C@@H]3C2)cc1)c1ccc(N2C(=O)[C@@H]3[C@H](C2=O)[C@H]2C=C[C@H]3C2)cc1. The fourth-order valence-corrected chi connectivity index (χ4v) is 7.97. The van der Waals surface area contributed by atoms with Gasteiger partial charge in [-0.25, -0.2) is 0 Å². The summed E-state index contributed by atoms with van der Waals surface area (Å²) < 4.78 is 0. The summed E-state index contributed by atoms with van der Waals surface area (Å²) in [5.74, 6) is -1.38. The first-order valence-electron chi connectivity index (χ1n) is 13.5. The predicted molar refractivity (Wildman–Crippen MR) is 141 cm³/mol. The monoisotopic (exact) mass is 519 g/mol. The molecule has 4 fully saturated rings. The highest BCUT2D eigenvalue weighted by Gasteiger charge is 2.60.